The average molecular weight is 418 g/mol. The highest BCUT2D eigenvalue weighted by molar-refractivity contribution is 5.57. The number of aryl methyl sites for hydroxylation is 1. The molecule has 0 spiro atoms. The summed E-state index contributed by atoms with van der Waals surface area (Å²) in [5.74, 6) is 0.609. The topological polar surface area (TPSA) is 112 Å². The van der Waals surface area contributed by atoms with Crippen LogP contribution in [0, 0.1) is 6.92 Å². The van der Waals surface area contributed by atoms with E-state index in [-0.39, 0.29) is 28.8 Å². The first kappa shape index (κ1) is 19.4. The van der Waals surface area contributed by atoms with Gasteiger partial charge in [0.15, 0.2) is 0 Å². The number of nitrogens with zero attached hydrogens (tertiary/aromatic N) is 5. The zero-order chi connectivity index (χ0) is 21.3. The van der Waals surface area contributed by atoms with Gasteiger partial charge in [-0.3, -0.25) is 4.79 Å². The molecule has 4 rings (SSSR count). The molecular weight excluding hydrogens is 405 g/mol. The van der Waals surface area contributed by atoms with Crippen LogP contribution in [0.1, 0.15) is 11.4 Å². The van der Waals surface area contributed by atoms with E-state index >= 15 is 0 Å². The molecule has 4 aromatic rings. The number of nitrogens with one attached hydrogen (secondary N) is 1. The molecule has 1 aromatic carbocycles. The zero-order valence-corrected chi connectivity index (χ0v) is 15.3. The third kappa shape index (κ3) is 4.37. The predicted octanol–water partition coefficient (Wildman–Crippen LogP) is 2.94. The van der Waals surface area contributed by atoms with Gasteiger partial charge in [0.05, 0.1) is 6.54 Å². The van der Waals surface area contributed by atoms with Gasteiger partial charge in [0.1, 0.15) is 11.6 Å². The van der Waals surface area contributed by atoms with Crippen LogP contribution in [0.3, 0.4) is 0 Å². The van der Waals surface area contributed by atoms with Crippen LogP contribution in [0.5, 0.6) is 5.75 Å². The second-order valence-corrected chi connectivity index (χ2v) is 6.20. The molecule has 0 radical (unpaired) electrons. The van der Waals surface area contributed by atoms with Crippen molar-refractivity contribution in [2.24, 2.45) is 0 Å². The number of alkyl halides is 3. The lowest BCUT2D eigenvalue weighted by Crippen LogP contribution is -2.16. The summed E-state index contributed by atoms with van der Waals surface area (Å²) in [6.45, 7) is 2.06. The highest BCUT2D eigenvalue weighted by atomic mass is 19.4. The molecule has 3 aromatic heterocycles. The highest BCUT2D eigenvalue weighted by Gasteiger charge is 2.31. The first-order valence-electron chi connectivity index (χ1n) is 8.56. The molecule has 12 heteroatoms. The number of benzene rings is 1. The number of aromatic nitrogens is 6. The minimum absolute atomic E-state index is 0.0494. The molecule has 0 aliphatic rings. The summed E-state index contributed by atoms with van der Waals surface area (Å²) in [7, 11) is 0. The molecule has 9 nitrogen and oxygen atoms in total. The lowest BCUT2D eigenvalue weighted by molar-refractivity contribution is -0.274. The molecule has 0 saturated carbocycles. The smallest absolute Gasteiger partial charge is 0.406 e. The maximum atomic E-state index is 12.3. The lowest BCUT2D eigenvalue weighted by atomic mass is 10.2. The normalized spacial score (nSPS) is 11.6. The van der Waals surface area contributed by atoms with Crippen molar-refractivity contribution in [3.05, 3.63) is 64.3 Å². The summed E-state index contributed by atoms with van der Waals surface area (Å²) < 4.78 is 47.4. The Morgan fingerprint density at radius 1 is 1.13 bits per heavy atom. The van der Waals surface area contributed by atoms with E-state index in [0.29, 0.717) is 17.9 Å². The SMILES string of the molecule is Cc1nc(-c2nc(-c3ccc(OC(F)(F)F)cc3)no2)nn1Cc1cc[nH]c(=O)c1. The van der Waals surface area contributed by atoms with Crippen molar-refractivity contribution in [2.75, 3.05) is 0 Å². The van der Waals surface area contributed by atoms with E-state index in [2.05, 4.69) is 29.9 Å². The van der Waals surface area contributed by atoms with Gasteiger partial charge >= 0.3 is 6.36 Å². The number of hydrogen-bond donors (Lipinski definition) is 1. The van der Waals surface area contributed by atoms with Crippen molar-refractivity contribution in [3.8, 4) is 28.9 Å². The molecule has 0 bridgehead atoms. The lowest BCUT2D eigenvalue weighted by Gasteiger charge is -2.08. The number of ether oxygens (including phenoxy) is 1. The van der Waals surface area contributed by atoms with Crippen LogP contribution >= 0.6 is 0 Å². The van der Waals surface area contributed by atoms with Crippen LogP contribution in [-0.2, 0) is 6.54 Å². The van der Waals surface area contributed by atoms with Gasteiger partial charge in [-0.25, -0.2) is 9.67 Å². The first-order valence-corrected chi connectivity index (χ1v) is 8.56. The largest absolute Gasteiger partial charge is 0.573 e. The van der Waals surface area contributed by atoms with Gasteiger partial charge in [-0.1, -0.05) is 5.16 Å². The van der Waals surface area contributed by atoms with Gasteiger partial charge in [-0.05, 0) is 42.8 Å². The van der Waals surface area contributed by atoms with Gasteiger partial charge in [0.25, 0.3) is 5.89 Å². The van der Waals surface area contributed by atoms with Crippen molar-refractivity contribution in [1.82, 2.24) is 29.9 Å². The molecule has 0 unspecified atom stereocenters. The van der Waals surface area contributed by atoms with Crippen LogP contribution in [0.4, 0.5) is 13.2 Å². The van der Waals surface area contributed by atoms with E-state index in [1.54, 1.807) is 23.9 Å². The third-order valence-electron chi connectivity index (χ3n) is 3.99. The van der Waals surface area contributed by atoms with Gasteiger partial charge in [-0.15, -0.1) is 18.3 Å². The summed E-state index contributed by atoms with van der Waals surface area (Å²) in [6, 6.07) is 8.26. The Balaban J connectivity index is 1.53. The summed E-state index contributed by atoms with van der Waals surface area (Å²) in [6.07, 6.45) is -3.23. The van der Waals surface area contributed by atoms with Crippen molar-refractivity contribution >= 4 is 0 Å². The van der Waals surface area contributed by atoms with Crippen LogP contribution < -0.4 is 10.3 Å². The Morgan fingerprint density at radius 2 is 1.90 bits per heavy atom. The Labute approximate surface area is 166 Å². The molecule has 0 aliphatic carbocycles. The summed E-state index contributed by atoms with van der Waals surface area (Å²) in [5.41, 5.74) is 0.948. The van der Waals surface area contributed by atoms with Crippen molar-refractivity contribution < 1.29 is 22.4 Å². The maximum Gasteiger partial charge on any atom is 0.573 e. The fraction of sp³-hybridized carbons (Fsp3) is 0.167. The van der Waals surface area contributed by atoms with Crippen molar-refractivity contribution in [2.45, 2.75) is 19.8 Å². The number of H-pyrrole nitrogens is 1. The Kier molecular flexibility index (Phi) is 4.82. The molecule has 30 heavy (non-hydrogen) atoms. The number of halogens is 3. The molecule has 0 atom stereocenters. The molecular formula is C18H13F3N6O3. The van der Waals surface area contributed by atoms with E-state index in [4.69, 9.17) is 4.52 Å². The van der Waals surface area contributed by atoms with Gasteiger partial charge in [0.2, 0.25) is 17.2 Å². The Bertz CT molecular complexity index is 1230. The molecule has 154 valence electrons. The monoisotopic (exact) mass is 418 g/mol. The second-order valence-electron chi connectivity index (χ2n) is 6.20. The van der Waals surface area contributed by atoms with Crippen LogP contribution in [0.2, 0.25) is 0 Å². The predicted molar refractivity (Wildman–Crippen MR) is 96.3 cm³/mol. The van der Waals surface area contributed by atoms with E-state index in [9.17, 15) is 18.0 Å². The van der Waals surface area contributed by atoms with E-state index in [1.165, 1.54) is 18.2 Å². The number of hydrogen-bond acceptors (Lipinski definition) is 7. The molecule has 0 amide bonds. The Hall–Kier alpha value is -3.96. The number of rotatable bonds is 5. The van der Waals surface area contributed by atoms with E-state index in [1.807, 2.05) is 0 Å². The standard InChI is InChI=1S/C18H13F3N6O3/c1-10-23-16(25-27(10)9-11-6-7-22-14(28)8-11)17-24-15(26-30-17)12-2-4-13(5-3-12)29-18(19,20)21/h2-8H,9H2,1H3,(H,22,28). The van der Waals surface area contributed by atoms with Gasteiger partial charge in [0, 0.05) is 17.8 Å². The molecule has 0 aliphatic heterocycles. The molecule has 0 saturated heterocycles. The highest BCUT2D eigenvalue weighted by Crippen LogP contribution is 2.26. The fourth-order valence-corrected chi connectivity index (χ4v) is 2.66. The summed E-state index contributed by atoms with van der Waals surface area (Å²) >= 11 is 0. The fourth-order valence-electron chi connectivity index (χ4n) is 2.66. The van der Waals surface area contributed by atoms with Crippen LogP contribution in [0.25, 0.3) is 23.1 Å². The summed E-state index contributed by atoms with van der Waals surface area (Å²) in [5, 5.41) is 8.14. The second kappa shape index (κ2) is 7.46. The number of pyridine rings is 1. The maximum absolute atomic E-state index is 12.3. The number of aromatic amines is 1. The van der Waals surface area contributed by atoms with E-state index < -0.39 is 6.36 Å². The quantitative estimate of drug-likeness (QED) is 0.530. The van der Waals surface area contributed by atoms with Gasteiger partial charge in [-0.2, -0.15) is 4.98 Å². The minimum atomic E-state index is -4.77. The first-order chi connectivity index (χ1) is 14.3. The van der Waals surface area contributed by atoms with Crippen molar-refractivity contribution in [3.63, 3.8) is 0 Å². The average Bonchev–Trinajstić information content (AvgIpc) is 3.29. The van der Waals surface area contributed by atoms with Gasteiger partial charge < -0.3 is 14.2 Å². The van der Waals surface area contributed by atoms with Crippen LogP contribution in [0.15, 0.2) is 51.9 Å². The minimum Gasteiger partial charge on any atom is -0.406 e. The molecule has 3 heterocycles. The molecule has 0 fully saturated rings. The third-order valence-corrected chi connectivity index (χ3v) is 3.99. The summed E-state index contributed by atoms with van der Waals surface area (Å²) in [4.78, 5) is 22.4. The van der Waals surface area contributed by atoms with Crippen molar-refractivity contribution in [1.29, 1.82) is 0 Å². The molecule has 1 N–H and O–H groups in total. The Morgan fingerprint density at radius 3 is 2.60 bits per heavy atom. The van der Waals surface area contributed by atoms with Crippen LogP contribution in [-0.4, -0.2) is 36.3 Å². The zero-order valence-electron chi connectivity index (χ0n) is 15.3. The van der Waals surface area contributed by atoms with E-state index in [0.717, 1.165) is 17.7 Å².